The van der Waals surface area contributed by atoms with Crippen molar-refractivity contribution < 1.29 is 18.7 Å². The molecule has 0 radical (unpaired) electrons. The Hall–Kier alpha value is -0.510. The average Bonchev–Trinajstić information content (AvgIpc) is 2.90. The number of Topliss-reactive ketones (excluding diaryl/α,β-unsaturated/α-hetero) is 1. The molecule has 1 rings (SSSR count). The van der Waals surface area contributed by atoms with E-state index in [9.17, 15) is 18.7 Å². The summed E-state index contributed by atoms with van der Waals surface area (Å²) in [5, 5.41) is 10.2. The zero-order valence-electron chi connectivity index (χ0n) is 15.5. The molecule has 0 unspecified atom stereocenters. The molecule has 3 atom stereocenters. The van der Waals surface area contributed by atoms with E-state index in [4.69, 9.17) is 0 Å². The van der Waals surface area contributed by atoms with Crippen LogP contribution in [0.4, 0.5) is 8.78 Å². The summed E-state index contributed by atoms with van der Waals surface area (Å²) in [6.07, 6.45) is 9.46. The van der Waals surface area contributed by atoms with Gasteiger partial charge >= 0.3 is 5.92 Å². The van der Waals surface area contributed by atoms with Gasteiger partial charge in [-0.3, -0.25) is 4.79 Å². The highest BCUT2D eigenvalue weighted by Crippen LogP contribution is 2.39. The number of halogens is 2. The third-order valence-electron chi connectivity index (χ3n) is 5.57. The highest BCUT2D eigenvalue weighted by Gasteiger charge is 2.39. The molecule has 0 amide bonds. The first-order chi connectivity index (χ1) is 11.4. The van der Waals surface area contributed by atoms with E-state index in [0.717, 1.165) is 25.7 Å². The highest BCUT2D eigenvalue weighted by atomic mass is 19.3. The summed E-state index contributed by atoms with van der Waals surface area (Å²) in [5.74, 6) is -3.64. The number of carbonyl (C=O) groups is 1. The van der Waals surface area contributed by atoms with E-state index in [2.05, 4.69) is 6.92 Å². The summed E-state index contributed by atoms with van der Waals surface area (Å²) in [4.78, 5) is 11.8. The number of alkyl halides is 2. The van der Waals surface area contributed by atoms with Gasteiger partial charge in [0.25, 0.3) is 0 Å². The third-order valence-corrected chi connectivity index (χ3v) is 5.57. The fourth-order valence-electron chi connectivity index (χ4n) is 3.93. The fraction of sp³-hybridized carbons (Fsp3) is 0.950. The van der Waals surface area contributed by atoms with Crippen LogP contribution >= 0.6 is 0 Å². The minimum absolute atomic E-state index is 0.0412. The average molecular weight is 347 g/mol. The molecule has 142 valence electrons. The molecule has 0 spiro atoms. The Labute approximate surface area is 146 Å². The topological polar surface area (TPSA) is 37.3 Å². The zero-order valence-corrected chi connectivity index (χ0v) is 15.5. The monoisotopic (exact) mass is 346 g/mol. The van der Waals surface area contributed by atoms with Gasteiger partial charge < -0.3 is 5.11 Å². The van der Waals surface area contributed by atoms with E-state index in [0.29, 0.717) is 19.3 Å². The largest absolute Gasteiger partial charge is 0.393 e. The van der Waals surface area contributed by atoms with Gasteiger partial charge in [0.05, 0.1) is 6.10 Å². The van der Waals surface area contributed by atoms with Crippen molar-refractivity contribution in [1.29, 1.82) is 0 Å². The van der Waals surface area contributed by atoms with Crippen molar-refractivity contribution in [2.45, 2.75) is 109 Å². The second-order valence-corrected chi connectivity index (χ2v) is 7.54. The summed E-state index contributed by atoms with van der Waals surface area (Å²) in [6.45, 7) is 4.04. The number of ketones is 1. The van der Waals surface area contributed by atoms with Crippen LogP contribution in [0, 0.1) is 11.8 Å². The van der Waals surface area contributed by atoms with Crippen molar-refractivity contribution in [3.8, 4) is 0 Å². The smallest absolute Gasteiger partial charge is 0.305 e. The van der Waals surface area contributed by atoms with Crippen molar-refractivity contribution in [3.05, 3.63) is 0 Å². The minimum Gasteiger partial charge on any atom is -0.393 e. The lowest BCUT2D eigenvalue weighted by molar-refractivity contribution is -0.144. The van der Waals surface area contributed by atoms with E-state index in [1.165, 1.54) is 25.7 Å². The van der Waals surface area contributed by atoms with E-state index < -0.39 is 11.7 Å². The Kier molecular flexibility index (Phi) is 10.0. The Balaban J connectivity index is 2.37. The first-order valence-electron chi connectivity index (χ1n) is 10.0. The van der Waals surface area contributed by atoms with Crippen molar-refractivity contribution in [1.82, 2.24) is 0 Å². The summed E-state index contributed by atoms with van der Waals surface area (Å²) in [7, 11) is 0. The number of aliphatic hydroxyl groups is 1. The van der Waals surface area contributed by atoms with Gasteiger partial charge in [-0.05, 0) is 43.9 Å². The van der Waals surface area contributed by atoms with Crippen LogP contribution in [-0.4, -0.2) is 22.9 Å². The van der Waals surface area contributed by atoms with Crippen LogP contribution < -0.4 is 0 Å². The molecule has 0 heterocycles. The maximum atomic E-state index is 13.8. The second kappa shape index (κ2) is 11.2. The highest BCUT2D eigenvalue weighted by molar-refractivity contribution is 5.85. The van der Waals surface area contributed by atoms with E-state index in [1.54, 1.807) is 0 Å². The van der Waals surface area contributed by atoms with Gasteiger partial charge in [-0.25, -0.2) is 0 Å². The lowest BCUT2D eigenvalue weighted by Gasteiger charge is -2.23. The number of hydrogen-bond acceptors (Lipinski definition) is 2. The van der Waals surface area contributed by atoms with Gasteiger partial charge in [-0.15, -0.1) is 0 Å². The predicted molar refractivity (Wildman–Crippen MR) is 94.3 cm³/mol. The molecule has 0 aliphatic heterocycles. The summed E-state index contributed by atoms with van der Waals surface area (Å²) >= 11 is 0. The normalized spacial score (nSPS) is 24.5. The van der Waals surface area contributed by atoms with Crippen LogP contribution in [0.25, 0.3) is 0 Å². The molecule has 0 saturated heterocycles. The van der Waals surface area contributed by atoms with Crippen LogP contribution in [-0.2, 0) is 4.79 Å². The molecule has 2 nitrogen and oxygen atoms in total. The third kappa shape index (κ3) is 7.16. The number of hydrogen-bond donors (Lipinski definition) is 1. The van der Waals surface area contributed by atoms with Gasteiger partial charge in [-0.1, -0.05) is 52.4 Å². The van der Waals surface area contributed by atoms with Crippen LogP contribution in [0.1, 0.15) is 97.3 Å². The van der Waals surface area contributed by atoms with Gasteiger partial charge in [0.15, 0.2) is 0 Å². The summed E-state index contributed by atoms with van der Waals surface area (Å²) in [6, 6.07) is 0. The quantitative estimate of drug-likeness (QED) is 0.421. The molecular weight excluding hydrogens is 310 g/mol. The SMILES string of the molecule is CCCCCCC[C@@H]1[C@@H](CCC(=O)C(F)(F)CCCC)CC[C@@H]1O. The molecule has 4 heteroatoms. The Morgan fingerprint density at radius 2 is 1.67 bits per heavy atom. The second-order valence-electron chi connectivity index (χ2n) is 7.54. The molecule has 0 aromatic rings. The molecule has 1 N–H and O–H groups in total. The maximum Gasteiger partial charge on any atom is 0.305 e. The first kappa shape index (κ1) is 21.5. The molecule has 0 aromatic heterocycles. The van der Waals surface area contributed by atoms with Crippen LogP contribution in [0.3, 0.4) is 0 Å². The zero-order chi connectivity index (χ0) is 18.0. The Bertz CT molecular complexity index is 358. The molecule has 0 bridgehead atoms. The van der Waals surface area contributed by atoms with Crippen LogP contribution in [0.15, 0.2) is 0 Å². The fourth-order valence-corrected chi connectivity index (χ4v) is 3.93. The van der Waals surface area contributed by atoms with Crippen molar-refractivity contribution in [2.75, 3.05) is 0 Å². The lowest BCUT2D eigenvalue weighted by Crippen LogP contribution is -2.29. The lowest BCUT2D eigenvalue weighted by atomic mass is 9.85. The van der Waals surface area contributed by atoms with Crippen LogP contribution in [0.5, 0.6) is 0 Å². The molecule has 1 fully saturated rings. The molecule has 24 heavy (non-hydrogen) atoms. The summed E-state index contributed by atoms with van der Waals surface area (Å²) in [5.41, 5.74) is 0. The van der Waals surface area contributed by atoms with Crippen molar-refractivity contribution in [3.63, 3.8) is 0 Å². The number of unbranched alkanes of at least 4 members (excludes halogenated alkanes) is 5. The molecular formula is C20H36F2O2. The van der Waals surface area contributed by atoms with Gasteiger partial charge in [0, 0.05) is 12.8 Å². The Morgan fingerprint density at radius 1 is 1.00 bits per heavy atom. The van der Waals surface area contributed by atoms with Gasteiger partial charge in [-0.2, -0.15) is 8.78 Å². The van der Waals surface area contributed by atoms with Crippen LogP contribution in [0.2, 0.25) is 0 Å². The molecule has 1 aliphatic rings. The van der Waals surface area contributed by atoms with Gasteiger partial charge in [0.1, 0.15) is 0 Å². The number of rotatable bonds is 13. The molecule has 1 saturated carbocycles. The molecule has 1 aliphatic carbocycles. The number of aliphatic hydroxyl groups excluding tert-OH is 1. The summed E-state index contributed by atoms with van der Waals surface area (Å²) < 4.78 is 27.5. The van der Waals surface area contributed by atoms with E-state index in [-0.39, 0.29) is 30.8 Å². The van der Waals surface area contributed by atoms with Crippen molar-refractivity contribution >= 4 is 5.78 Å². The Morgan fingerprint density at radius 3 is 2.33 bits per heavy atom. The first-order valence-corrected chi connectivity index (χ1v) is 10.0. The van der Waals surface area contributed by atoms with Gasteiger partial charge in [0.2, 0.25) is 5.78 Å². The van der Waals surface area contributed by atoms with Crippen molar-refractivity contribution in [2.24, 2.45) is 11.8 Å². The molecule has 0 aromatic carbocycles. The van der Waals surface area contributed by atoms with E-state index in [1.807, 2.05) is 6.92 Å². The standard InChI is InChI=1S/C20H36F2O2/c1-3-5-7-8-9-10-17-16(11-13-18(17)23)12-14-19(24)20(21,22)15-6-4-2/h16-18,23H,3-15H2,1-2H3/t16-,17-,18+/m1/s1. The minimum atomic E-state index is -3.16. The number of carbonyl (C=O) groups excluding carboxylic acids is 1. The predicted octanol–water partition coefficient (Wildman–Crippen LogP) is 5.91. The van der Waals surface area contributed by atoms with E-state index >= 15 is 0 Å². The maximum absolute atomic E-state index is 13.8.